The predicted molar refractivity (Wildman–Crippen MR) is 55.7 cm³/mol. The lowest BCUT2D eigenvalue weighted by Crippen LogP contribution is -2.38. The van der Waals surface area contributed by atoms with Crippen molar-refractivity contribution >= 4 is 22.1 Å². The third-order valence-electron chi connectivity index (χ3n) is 3.70. The van der Waals surface area contributed by atoms with Crippen molar-refractivity contribution in [3.05, 3.63) is 0 Å². The topological polar surface area (TPSA) is 119 Å². The summed E-state index contributed by atoms with van der Waals surface area (Å²) in [6.45, 7) is -0.497. The van der Waals surface area contributed by atoms with Crippen LogP contribution in [-0.2, 0) is 33.9 Å². The van der Waals surface area contributed by atoms with Crippen molar-refractivity contribution in [2.24, 2.45) is 11.8 Å². The molecule has 5 atom stereocenters. The number of hydrogen-bond acceptors (Lipinski definition) is 8. The summed E-state index contributed by atoms with van der Waals surface area (Å²) in [7, 11) is -4.42. The van der Waals surface area contributed by atoms with E-state index in [0.717, 1.165) is 0 Å². The minimum absolute atomic E-state index is 0.305. The normalized spacial score (nSPS) is 39.4. The largest absolute Gasteiger partial charge is 0.748 e. The van der Waals surface area contributed by atoms with E-state index < -0.39 is 52.7 Å². The van der Waals surface area contributed by atoms with Crippen LogP contribution < -0.4 is 0 Å². The monoisotopic (exact) mass is 291 g/mol. The average Bonchev–Trinajstić information content (AvgIpc) is 2.87. The first-order valence-electron chi connectivity index (χ1n) is 5.83. The number of ether oxygens (including phenoxy) is 3. The Labute approximate surface area is 108 Å². The van der Waals surface area contributed by atoms with Crippen LogP contribution >= 0.6 is 0 Å². The summed E-state index contributed by atoms with van der Waals surface area (Å²) in [6.07, 6.45) is -1.06. The molecule has 3 rings (SSSR count). The van der Waals surface area contributed by atoms with Gasteiger partial charge < -0.3 is 18.8 Å². The average molecular weight is 291 g/mol. The summed E-state index contributed by atoms with van der Waals surface area (Å²) >= 11 is 0. The van der Waals surface area contributed by atoms with Gasteiger partial charge in [0.1, 0.15) is 24.7 Å². The lowest BCUT2D eigenvalue weighted by molar-refractivity contribution is -0.155. The van der Waals surface area contributed by atoms with Crippen LogP contribution in [-0.4, -0.2) is 55.6 Å². The summed E-state index contributed by atoms with van der Waals surface area (Å²) in [5.41, 5.74) is 0. The standard InChI is InChI=1S/C10H12O8S/c11-9-4-3-5-6(8(18-9)7(4)17-5)10(12)16-1-2-19(13,14)15/h4-8H,1-3H2,(H,13,14,15)/p-1. The molecule has 0 radical (unpaired) electrons. The van der Waals surface area contributed by atoms with Crippen LogP contribution in [0.15, 0.2) is 0 Å². The lowest BCUT2D eigenvalue weighted by Gasteiger charge is -2.20. The zero-order valence-electron chi connectivity index (χ0n) is 9.68. The Bertz CT molecular complexity index is 526. The highest BCUT2D eigenvalue weighted by Crippen LogP contribution is 2.49. The van der Waals surface area contributed by atoms with Crippen molar-refractivity contribution in [2.75, 3.05) is 12.4 Å². The fraction of sp³-hybridized carbons (Fsp3) is 0.800. The van der Waals surface area contributed by atoms with E-state index in [2.05, 4.69) is 0 Å². The molecule has 0 spiro atoms. The molecule has 3 fully saturated rings. The summed E-state index contributed by atoms with van der Waals surface area (Å²) in [5, 5.41) is 0. The van der Waals surface area contributed by atoms with Crippen molar-refractivity contribution < 1.29 is 36.8 Å². The molecule has 5 unspecified atom stereocenters. The van der Waals surface area contributed by atoms with Gasteiger partial charge in [-0.3, -0.25) is 9.59 Å². The molecule has 0 aromatic carbocycles. The molecule has 106 valence electrons. The second-order valence-electron chi connectivity index (χ2n) is 4.84. The lowest BCUT2D eigenvalue weighted by atomic mass is 9.82. The molecule has 3 heterocycles. The van der Waals surface area contributed by atoms with Gasteiger partial charge in [-0.15, -0.1) is 0 Å². The minimum Gasteiger partial charge on any atom is -0.748 e. The second kappa shape index (κ2) is 4.15. The SMILES string of the molecule is O=C1OC2C3OC(CC13)C2C(=O)OCCS(=O)(=O)[O-]. The van der Waals surface area contributed by atoms with Crippen LogP contribution in [0.5, 0.6) is 0 Å². The minimum atomic E-state index is -4.42. The van der Waals surface area contributed by atoms with E-state index in [-0.39, 0.29) is 11.9 Å². The van der Waals surface area contributed by atoms with Gasteiger partial charge in [-0.05, 0) is 6.42 Å². The Morgan fingerprint density at radius 3 is 2.84 bits per heavy atom. The maximum atomic E-state index is 11.8. The molecule has 0 aliphatic carbocycles. The highest BCUT2D eigenvalue weighted by molar-refractivity contribution is 7.85. The number of fused-ring (bicyclic) bond motifs is 1. The molecule has 0 aromatic rings. The Kier molecular flexibility index (Phi) is 2.80. The van der Waals surface area contributed by atoms with Crippen molar-refractivity contribution in [3.63, 3.8) is 0 Å². The van der Waals surface area contributed by atoms with E-state index in [9.17, 15) is 22.6 Å². The Morgan fingerprint density at radius 1 is 1.42 bits per heavy atom. The zero-order chi connectivity index (χ0) is 13.8. The third-order valence-corrected chi connectivity index (χ3v) is 4.36. The molecule has 3 aliphatic heterocycles. The Hall–Kier alpha value is -1.19. The van der Waals surface area contributed by atoms with Crippen molar-refractivity contribution in [3.8, 4) is 0 Å². The molecule has 8 nitrogen and oxygen atoms in total. The first kappa shape index (κ1) is 12.8. The quantitative estimate of drug-likeness (QED) is 0.449. The first-order valence-corrected chi connectivity index (χ1v) is 7.41. The van der Waals surface area contributed by atoms with Crippen LogP contribution in [0.1, 0.15) is 6.42 Å². The Balaban J connectivity index is 1.61. The van der Waals surface area contributed by atoms with Crippen LogP contribution in [0.3, 0.4) is 0 Å². The number of hydrogen-bond donors (Lipinski definition) is 0. The highest BCUT2D eigenvalue weighted by Gasteiger charge is 2.65. The Morgan fingerprint density at radius 2 is 2.16 bits per heavy atom. The predicted octanol–water partition coefficient (Wildman–Crippen LogP) is -1.60. The van der Waals surface area contributed by atoms with Gasteiger partial charge in [-0.2, -0.15) is 0 Å². The van der Waals surface area contributed by atoms with Gasteiger partial charge >= 0.3 is 11.9 Å². The summed E-state index contributed by atoms with van der Waals surface area (Å²) < 4.78 is 46.5. The summed E-state index contributed by atoms with van der Waals surface area (Å²) in [4.78, 5) is 23.3. The van der Waals surface area contributed by atoms with E-state index in [1.165, 1.54) is 0 Å². The van der Waals surface area contributed by atoms with E-state index >= 15 is 0 Å². The maximum Gasteiger partial charge on any atom is 0.315 e. The molecule has 3 saturated heterocycles. The number of carbonyl (C=O) groups is 2. The van der Waals surface area contributed by atoms with E-state index in [1.807, 2.05) is 0 Å². The summed E-state index contributed by atoms with van der Waals surface area (Å²) in [6, 6.07) is 0. The van der Waals surface area contributed by atoms with Gasteiger partial charge in [0.05, 0.1) is 27.9 Å². The molecule has 2 bridgehead atoms. The van der Waals surface area contributed by atoms with Gasteiger partial charge in [0.15, 0.2) is 0 Å². The van der Waals surface area contributed by atoms with Crippen LogP contribution in [0, 0.1) is 11.8 Å². The maximum absolute atomic E-state index is 11.8. The molecule has 3 aliphatic rings. The highest BCUT2D eigenvalue weighted by atomic mass is 32.2. The van der Waals surface area contributed by atoms with E-state index in [1.54, 1.807) is 0 Å². The van der Waals surface area contributed by atoms with Crippen LogP contribution in [0.4, 0.5) is 0 Å². The fourth-order valence-corrected chi connectivity index (χ4v) is 3.20. The van der Waals surface area contributed by atoms with Crippen LogP contribution in [0.25, 0.3) is 0 Å². The molecule has 19 heavy (non-hydrogen) atoms. The molecule has 0 amide bonds. The number of carbonyl (C=O) groups excluding carboxylic acids is 2. The van der Waals surface area contributed by atoms with Gasteiger partial charge in [-0.25, -0.2) is 8.42 Å². The molecular weight excluding hydrogens is 280 g/mol. The second-order valence-corrected chi connectivity index (χ2v) is 6.36. The summed E-state index contributed by atoms with van der Waals surface area (Å²) in [5.74, 6) is -2.85. The molecule has 0 aromatic heterocycles. The molecule has 0 N–H and O–H groups in total. The third kappa shape index (κ3) is 2.11. The number of esters is 2. The van der Waals surface area contributed by atoms with Crippen molar-refractivity contribution in [2.45, 2.75) is 24.7 Å². The molecule has 9 heteroatoms. The first-order chi connectivity index (χ1) is 8.87. The van der Waals surface area contributed by atoms with Crippen molar-refractivity contribution in [1.29, 1.82) is 0 Å². The van der Waals surface area contributed by atoms with Crippen LogP contribution in [0.2, 0.25) is 0 Å². The molecule has 0 saturated carbocycles. The number of rotatable bonds is 4. The fourth-order valence-electron chi connectivity index (χ4n) is 2.91. The van der Waals surface area contributed by atoms with Gasteiger partial charge in [0, 0.05) is 0 Å². The zero-order valence-corrected chi connectivity index (χ0v) is 10.5. The van der Waals surface area contributed by atoms with Gasteiger partial charge in [0.2, 0.25) is 0 Å². The van der Waals surface area contributed by atoms with E-state index in [4.69, 9.17) is 14.2 Å². The van der Waals surface area contributed by atoms with Crippen molar-refractivity contribution in [1.82, 2.24) is 0 Å². The smallest absolute Gasteiger partial charge is 0.315 e. The van der Waals surface area contributed by atoms with Gasteiger partial charge in [0.25, 0.3) is 0 Å². The van der Waals surface area contributed by atoms with E-state index in [0.29, 0.717) is 6.42 Å². The van der Waals surface area contributed by atoms with Gasteiger partial charge in [-0.1, -0.05) is 0 Å². The molecular formula is C10H11O8S-.